The molecule has 0 aliphatic rings. The van der Waals surface area contributed by atoms with Gasteiger partial charge in [0.05, 0.1) is 20.4 Å². The Hall–Kier alpha value is -2.56. The summed E-state index contributed by atoms with van der Waals surface area (Å²) in [6.45, 7) is 0. The van der Waals surface area contributed by atoms with E-state index in [0.29, 0.717) is 5.75 Å². The van der Waals surface area contributed by atoms with Crippen molar-refractivity contribution >= 4 is 23.1 Å². The first-order valence-electron chi connectivity index (χ1n) is 5.69. The molecule has 0 atom stereocenters. The van der Waals surface area contributed by atoms with Gasteiger partial charge >= 0.3 is 6.09 Å². The predicted octanol–water partition coefficient (Wildman–Crippen LogP) is 2.54. The van der Waals surface area contributed by atoms with Crippen LogP contribution in [-0.4, -0.2) is 26.5 Å². The van der Waals surface area contributed by atoms with Crippen molar-refractivity contribution in [3.05, 3.63) is 42.0 Å². The Balaban J connectivity index is 2.41. The molecule has 0 aliphatic heterocycles. The van der Waals surface area contributed by atoms with Crippen molar-refractivity contribution in [1.29, 1.82) is 0 Å². The van der Waals surface area contributed by atoms with Gasteiger partial charge in [-0.25, -0.2) is 10.2 Å². The average molecular weight is 258 g/mol. The van der Waals surface area contributed by atoms with Gasteiger partial charge in [0, 0.05) is 5.56 Å². The summed E-state index contributed by atoms with van der Waals surface area (Å²) in [5.41, 5.74) is 3.05. The summed E-state index contributed by atoms with van der Waals surface area (Å²) in [5, 5.41) is 5.91. The lowest BCUT2D eigenvalue weighted by molar-refractivity contribution is 0.171. The fraction of sp³-hybridized carbons (Fsp3) is 0.143. The predicted molar refractivity (Wildman–Crippen MR) is 73.6 cm³/mol. The highest BCUT2D eigenvalue weighted by molar-refractivity contribution is 6.02. The number of fused-ring (bicyclic) bond motifs is 1. The number of hydrogen-bond acceptors (Lipinski definition) is 4. The molecule has 0 saturated heterocycles. The molecule has 0 fully saturated rings. The van der Waals surface area contributed by atoms with Crippen LogP contribution in [0.3, 0.4) is 0 Å². The minimum Gasteiger partial charge on any atom is -0.496 e. The number of nitrogens with zero attached hydrogens (tertiary/aromatic N) is 1. The fourth-order valence-corrected chi connectivity index (χ4v) is 1.78. The number of benzene rings is 2. The van der Waals surface area contributed by atoms with Gasteiger partial charge in [-0.15, -0.1) is 0 Å². The molecule has 0 saturated carbocycles. The van der Waals surface area contributed by atoms with Gasteiger partial charge in [-0.3, -0.25) is 0 Å². The van der Waals surface area contributed by atoms with Crippen LogP contribution >= 0.6 is 0 Å². The van der Waals surface area contributed by atoms with Gasteiger partial charge in [-0.1, -0.05) is 30.3 Å². The number of carbonyl (C=O) groups is 1. The van der Waals surface area contributed by atoms with E-state index in [1.54, 1.807) is 7.11 Å². The SMILES string of the molecule is COC(=O)NN=Cc1c(OC)ccc2ccccc12. The van der Waals surface area contributed by atoms with E-state index in [4.69, 9.17) is 4.74 Å². The summed E-state index contributed by atoms with van der Waals surface area (Å²) in [6.07, 6.45) is 0.924. The van der Waals surface area contributed by atoms with E-state index in [0.717, 1.165) is 16.3 Å². The third kappa shape index (κ3) is 2.82. The van der Waals surface area contributed by atoms with Gasteiger partial charge in [0.2, 0.25) is 0 Å². The normalized spacial score (nSPS) is 10.6. The number of nitrogens with one attached hydrogen (secondary N) is 1. The number of hydrazone groups is 1. The highest BCUT2D eigenvalue weighted by atomic mass is 16.5. The van der Waals surface area contributed by atoms with Crippen LogP contribution in [0.2, 0.25) is 0 Å². The Morgan fingerprint density at radius 3 is 2.74 bits per heavy atom. The molecule has 1 N–H and O–H groups in total. The van der Waals surface area contributed by atoms with Crippen LogP contribution in [0.4, 0.5) is 4.79 Å². The highest BCUT2D eigenvalue weighted by Crippen LogP contribution is 2.26. The van der Waals surface area contributed by atoms with Gasteiger partial charge in [0.25, 0.3) is 0 Å². The summed E-state index contributed by atoms with van der Waals surface area (Å²) in [4.78, 5) is 10.9. The highest BCUT2D eigenvalue weighted by Gasteiger charge is 2.06. The molecule has 2 aromatic rings. The van der Waals surface area contributed by atoms with Crippen molar-refractivity contribution in [3.8, 4) is 5.75 Å². The summed E-state index contributed by atoms with van der Waals surface area (Å²) < 4.78 is 9.74. The molecule has 0 aliphatic carbocycles. The number of methoxy groups -OCH3 is 2. The van der Waals surface area contributed by atoms with Gasteiger partial charge in [-0.05, 0) is 16.8 Å². The minimum atomic E-state index is -0.615. The molecule has 0 aromatic heterocycles. The van der Waals surface area contributed by atoms with E-state index < -0.39 is 6.09 Å². The Morgan fingerprint density at radius 2 is 2.00 bits per heavy atom. The zero-order chi connectivity index (χ0) is 13.7. The molecule has 19 heavy (non-hydrogen) atoms. The molecular weight excluding hydrogens is 244 g/mol. The molecule has 98 valence electrons. The topological polar surface area (TPSA) is 59.9 Å². The summed E-state index contributed by atoms with van der Waals surface area (Å²) >= 11 is 0. The maximum absolute atomic E-state index is 10.9. The molecule has 2 aromatic carbocycles. The first kappa shape index (κ1) is 12.9. The third-order valence-electron chi connectivity index (χ3n) is 2.69. The lowest BCUT2D eigenvalue weighted by atomic mass is 10.0. The molecule has 5 nitrogen and oxygen atoms in total. The van der Waals surface area contributed by atoms with E-state index in [1.165, 1.54) is 13.3 Å². The summed E-state index contributed by atoms with van der Waals surface area (Å²) in [5.74, 6) is 0.689. The first-order valence-corrected chi connectivity index (χ1v) is 5.69. The van der Waals surface area contributed by atoms with E-state index >= 15 is 0 Å². The third-order valence-corrected chi connectivity index (χ3v) is 2.69. The monoisotopic (exact) mass is 258 g/mol. The molecule has 1 amide bonds. The number of carbonyl (C=O) groups excluding carboxylic acids is 1. The second-order valence-electron chi connectivity index (χ2n) is 3.76. The summed E-state index contributed by atoms with van der Waals surface area (Å²) in [6, 6.07) is 11.7. The van der Waals surface area contributed by atoms with Crippen LogP contribution < -0.4 is 10.2 Å². The van der Waals surface area contributed by atoms with Crippen molar-refractivity contribution in [2.75, 3.05) is 14.2 Å². The molecular formula is C14H14N2O3. The molecule has 5 heteroatoms. The van der Waals surface area contributed by atoms with E-state index in [9.17, 15) is 4.79 Å². The van der Waals surface area contributed by atoms with E-state index in [1.807, 2.05) is 36.4 Å². The van der Waals surface area contributed by atoms with Gasteiger partial charge in [-0.2, -0.15) is 5.10 Å². The Bertz CT molecular complexity index is 623. The Morgan fingerprint density at radius 1 is 1.21 bits per heavy atom. The van der Waals surface area contributed by atoms with Crippen molar-refractivity contribution < 1.29 is 14.3 Å². The van der Waals surface area contributed by atoms with Gasteiger partial charge in [0.15, 0.2) is 0 Å². The van der Waals surface area contributed by atoms with Crippen LogP contribution in [0.1, 0.15) is 5.56 Å². The fourth-order valence-electron chi connectivity index (χ4n) is 1.78. The molecule has 0 bridgehead atoms. The molecule has 0 radical (unpaired) electrons. The van der Waals surface area contributed by atoms with Crippen molar-refractivity contribution in [3.63, 3.8) is 0 Å². The standard InChI is InChI=1S/C14H14N2O3/c1-18-13-8-7-10-5-3-4-6-11(10)12(13)9-15-16-14(17)19-2/h3-9H,1-2H3,(H,16,17). The zero-order valence-corrected chi connectivity index (χ0v) is 10.7. The van der Waals surface area contributed by atoms with Crippen molar-refractivity contribution in [2.45, 2.75) is 0 Å². The maximum atomic E-state index is 10.9. The van der Waals surface area contributed by atoms with Crippen LogP contribution in [0.5, 0.6) is 5.75 Å². The maximum Gasteiger partial charge on any atom is 0.427 e. The van der Waals surface area contributed by atoms with E-state index in [2.05, 4.69) is 15.3 Å². The number of amides is 1. The lowest BCUT2D eigenvalue weighted by Crippen LogP contribution is -2.16. The number of hydrogen-bond donors (Lipinski definition) is 1. The quantitative estimate of drug-likeness (QED) is 0.679. The largest absolute Gasteiger partial charge is 0.496 e. The number of rotatable bonds is 3. The summed E-state index contributed by atoms with van der Waals surface area (Å²) in [7, 11) is 2.87. The van der Waals surface area contributed by atoms with Crippen LogP contribution in [-0.2, 0) is 4.74 Å². The zero-order valence-electron chi connectivity index (χ0n) is 10.7. The average Bonchev–Trinajstić information content (AvgIpc) is 2.47. The molecule has 0 unspecified atom stereocenters. The smallest absolute Gasteiger partial charge is 0.427 e. The second kappa shape index (κ2) is 5.86. The second-order valence-corrected chi connectivity index (χ2v) is 3.76. The lowest BCUT2D eigenvalue weighted by Gasteiger charge is -2.08. The van der Waals surface area contributed by atoms with Gasteiger partial charge in [0.1, 0.15) is 5.75 Å². The van der Waals surface area contributed by atoms with Crippen LogP contribution in [0, 0.1) is 0 Å². The minimum absolute atomic E-state index is 0.615. The van der Waals surface area contributed by atoms with Crippen LogP contribution in [0.15, 0.2) is 41.5 Å². The molecule has 0 heterocycles. The first-order chi connectivity index (χ1) is 9.26. The molecule has 2 rings (SSSR count). The van der Waals surface area contributed by atoms with E-state index in [-0.39, 0.29) is 0 Å². The van der Waals surface area contributed by atoms with Gasteiger partial charge < -0.3 is 9.47 Å². The number of ether oxygens (including phenoxy) is 2. The Labute approximate surface area is 110 Å². The van der Waals surface area contributed by atoms with Crippen LogP contribution in [0.25, 0.3) is 10.8 Å². The molecule has 0 spiro atoms. The van der Waals surface area contributed by atoms with Crippen molar-refractivity contribution in [2.24, 2.45) is 5.10 Å². The van der Waals surface area contributed by atoms with Crippen molar-refractivity contribution in [1.82, 2.24) is 5.43 Å². The Kier molecular flexibility index (Phi) is 3.97.